The van der Waals surface area contributed by atoms with Crippen molar-refractivity contribution in [1.82, 2.24) is 0 Å². The van der Waals surface area contributed by atoms with Crippen LogP contribution in [0.5, 0.6) is 0 Å². The Morgan fingerprint density at radius 3 is 1.71 bits per heavy atom. The molecule has 0 spiro atoms. The summed E-state index contributed by atoms with van der Waals surface area (Å²) in [5.74, 6) is -0.863. The molecule has 0 unspecified atom stereocenters. The van der Waals surface area contributed by atoms with Gasteiger partial charge in [0.25, 0.3) is 0 Å². The van der Waals surface area contributed by atoms with Crippen LogP contribution in [-0.2, 0) is 9.53 Å². The smallest absolute Gasteiger partial charge is 0.335 e. The Labute approximate surface area is 147 Å². The van der Waals surface area contributed by atoms with Crippen LogP contribution in [0.3, 0.4) is 0 Å². The van der Waals surface area contributed by atoms with E-state index in [0.29, 0.717) is 19.4 Å². The summed E-state index contributed by atoms with van der Waals surface area (Å²) < 4.78 is 5.61. The minimum atomic E-state index is -1.02. The highest BCUT2D eigenvalue weighted by atomic mass is 16.5. The SMILES string of the molecule is CC/C=C\C/C=C\C/C=C\C/C=C\CCOC(CC)(CC)C(=O)O. The summed E-state index contributed by atoms with van der Waals surface area (Å²) in [5, 5.41) is 9.27. The lowest BCUT2D eigenvalue weighted by molar-refractivity contribution is -0.167. The van der Waals surface area contributed by atoms with E-state index in [4.69, 9.17) is 4.74 Å². The molecule has 0 aliphatic carbocycles. The summed E-state index contributed by atoms with van der Waals surface area (Å²) in [6, 6.07) is 0. The van der Waals surface area contributed by atoms with Crippen molar-refractivity contribution in [2.75, 3.05) is 6.61 Å². The van der Waals surface area contributed by atoms with Crippen LogP contribution in [0, 0.1) is 0 Å². The summed E-state index contributed by atoms with van der Waals surface area (Å²) in [6.45, 7) is 6.29. The maximum absolute atomic E-state index is 11.3. The van der Waals surface area contributed by atoms with Gasteiger partial charge in [-0.25, -0.2) is 4.79 Å². The first kappa shape index (κ1) is 22.4. The number of aliphatic carboxylic acids is 1. The van der Waals surface area contributed by atoms with Crippen LogP contribution in [0.4, 0.5) is 0 Å². The Hall–Kier alpha value is -1.61. The lowest BCUT2D eigenvalue weighted by Crippen LogP contribution is -2.40. The number of carboxylic acids is 1. The van der Waals surface area contributed by atoms with Gasteiger partial charge in [-0.1, -0.05) is 69.4 Å². The van der Waals surface area contributed by atoms with Crippen molar-refractivity contribution < 1.29 is 14.6 Å². The number of ether oxygens (including phenoxy) is 1. The van der Waals surface area contributed by atoms with E-state index in [9.17, 15) is 9.90 Å². The van der Waals surface area contributed by atoms with Crippen molar-refractivity contribution in [3.8, 4) is 0 Å². The predicted octanol–water partition coefficient (Wildman–Crippen LogP) is 5.84. The summed E-state index contributed by atoms with van der Waals surface area (Å²) in [6.07, 6.45) is 22.8. The van der Waals surface area contributed by atoms with Gasteiger partial charge in [0.05, 0.1) is 6.61 Å². The zero-order chi connectivity index (χ0) is 18.1. The molecule has 0 rings (SSSR count). The van der Waals surface area contributed by atoms with Crippen LogP contribution < -0.4 is 0 Å². The van der Waals surface area contributed by atoms with Crippen molar-refractivity contribution in [1.29, 1.82) is 0 Å². The van der Waals surface area contributed by atoms with Gasteiger partial charge in [0.1, 0.15) is 0 Å². The Morgan fingerprint density at radius 1 is 0.833 bits per heavy atom. The Morgan fingerprint density at radius 2 is 1.29 bits per heavy atom. The zero-order valence-electron chi connectivity index (χ0n) is 15.5. The summed E-state index contributed by atoms with van der Waals surface area (Å²) in [7, 11) is 0. The average molecular weight is 335 g/mol. The maximum atomic E-state index is 11.3. The minimum Gasteiger partial charge on any atom is -0.479 e. The third kappa shape index (κ3) is 10.2. The molecule has 0 aromatic carbocycles. The Balaban J connectivity index is 3.81. The number of carboxylic acid groups (broad SMARTS) is 1. The third-order valence-corrected chi connectivity index (χ3v) is 3.91. The highest BCUT2D eigenvalue weighted by molar-refractivity contribution is 5.77. The van der Waals surface area contributed by atoms with Crippen molar-refractivity contribution >= 4 is 5.97 Å². The first-order valence-corrected chi connectivity index (χ1v) is 9.10. The van der Waals surface area contributed by atoms with Crippen LogP contribution >= 0.6 is 0 Å². The normalized spacial score (nSPS) is 13.1. The lowest BCUT2D eigenvalue weighted by Gasteiger charge is -2.26. The van der Waals surface area contributed by atoms with E-state index in [1.54, 1.807) is 0 Å². The van der Waals surface area contributed by atoms with Crippen molar-refractivity contribution in [3.63, 3.8) is 0 Å². The molecule has 0 aliphatic rings. The molecule has 0 aromatic heterocycles. The molecule has 0 saturated carbocycles. The van der Waals surface area contributed by atoms with E-state index >= 15 is 0 Å². The zero-order valence-corrected chi connectivity index (χ0v) is 15.5. The second kappa shape index (κ2) is 14.9. The second-order valence-corrected chi connectivity index (χ2v) is 5.64. The average Bonchev–Trinajstić information content (AvgIpc) is 2.58. The highest BCUT2D eigenvalue weighted by Crippen LogP contribution is 2.21. The van der Waals surface area contributed by atoms with E-state index < -0.39 is 11.6 Å². The van der Waals surface area contributed by atoms with E-state index in [-0.39, 0.29) is 0 Å². The van der Waals surface area contributed by atoms with Gasteiger partial charge in [-0.2, -0.15) is 0 Å². The topological polar surface area (TPSA) is 46.5 Å². The molecule has 0 aliphatic heterocycles. The molecule has 0 atom stereocenters. The van der Waals surface area contributed by atoms with E-state index in [1.165, 1.54) is 0 Å². The molecule has 0 aromatic rings. The molecule has 0 fully saturated rings. The first-order chi connectivity index (χ1) is 11.6. The number of allylic oxidation sites excluding steroid dienone is 7. The monoisotopic (exact) mass is 334 g/mol. The molecule has 136 valence electrons. The predicted molar refractivity (Wildman–Crippen MR) is 102 cm³/mol. The molecule has 0 heterocycles. The molecule has 3 heteroatoms. The van der Waals surface area contributed by atoms with E-state index in [0.717, 1.165) is 32.1 Å². The summed E-state index contributed by atoms with van der Waals surface area (Å²) in [4.78, 5) is 11.3. The van der Waals surface area contributed by atoms with Gasteiger partial charge in [-0.15, -0.1) is 0 Å². The molecule has 3 nitrogen and oxygen atoms in total. The highest BCUT2D eigenvalue weighted by Gasteiger charge is 2.35. The van der Waals surface area contributed by atoms with Gasteiger partial charge in [0, 0.05) is 0 Å². The maximum Gasteiger partial charge on any atom is 0.335 e. The van der Waals surface area contributed by atoms with Crippen LogP contribution in [0.15, 0.2) is 48.6 Å². The number of hydrogen-bond donors (Lipinski definition) is 1. The largest absolute Gasteiger partial charge is 0.479 e. The Bertz CT molecular complexity index is 426. The molecule has 0 saturated heterocycles. The van der Waals surface area contributed by atoms with Crippen LogP contribution in [0.25, 0.3) is 0 Å². The van der Waals surface area contributed by atoms with E-state index in [2.05, 4.69) is 49.5 Å². The van der Waals surface area contributed by atoms with Gasteiger partial charge in [-0.05, 0) is 44.9 Å². The molecule has 0 bridgehead atoms. The standard InChI is InChI=1S/C21H34O3/c1-4-7-8-9-10-11-12-13-14-15-16-17-18-19-24-21(5-2,6-3)20(22)23/h7-8,10-11,13-14,16-17H,4-6,9,12,15,18-19H2,1-3H3,(H,22,23)/b8-7-,11-10-,14-13-,17-16-. The Kier molecular flexibility index (Phi) is 13.9. The van der Waals surface area contributed by atoms with Gasteiger partial charge in [0.15, 0.2) is 5.60 Å². The van der Waals surface area contributed by atoms with Crippen molar-refractivity contribution in [2.24, 2.45) is 0 Å². The van der Waals surface area contributed by atoms with Crippen molar-refractivity contribution in [2.45, 2.75) is 71.3 Å². The molecular formula is C21H34O3. The van der Waals surface area contributed by atoms with Crippen LogP contribution in [0.2, 0.25) is 0 Å². The molecule has 1 N–H and O–H groups in total. The van der Waals surface area contributed by atoms with Crippen LogP contribution in [-0.4, -0.2) is 23.3 Å². The fourth-order valence-corrected chi connectivity index (χ4v) is 2.24. The fraction of sp³-hybridized carbons (Fsp3) is 0.571. The molecular weight excluding hydrogens is 300 g/mol. The van der Waals surface area contributed by atoms with Gasteiger partial charge in [-0.3, -0.25) is 0 Å². The second-order valence-electron chi connectivity index (χ2n) is 5.64. The summed E-state index contributed by atoms with van der Waals surface area (Å²) in [5.41, 5.74) is -1.02. The third-order valence-electron chi connectivity index (χ3n) is 3.91. The first-order valence-electron chi connectivity index (χ1n) is 9.10. The number of rotatable bonds is 14. The number of carbonyl (C=O) groups is 1. The van der Waals surface area contributed by atoms with E-state index in [1.807, 2.05) is 19.9 Å². The number of hydrogen-bond acceptors (Lipinski definition) is 2. The summed E-state index contributed by atoms with van der Waals surface area (Å²) >= 11 is 0. The fourth-order valence-electron chi connectivity index (χ4n) is 2.24. The molecule has 0 amide bonds. The lowest BCUT2D eigenvalue weighted by atomic mass is 9.97. The van der Waals surface area contributed by atoms with Gasteiger partial charge < -0.3 is 9.84 Å². The minimum absolute atomic E-state index is 0.447. The quantitative estimate of drug-likeness (QED) is 0.320. The molecule has 24 heavy (non-hydrogen) atoms. The van der Waals surface area contributed by atoms with Crippen molar-refractivity contribution in [3.05, 3.63) is 48.6 Å². The van der Waals surface area contributed by atoms with Crippen LogP contribution in [0.1, 0.15) is 65.7 Å². The molecule has 0 radical (unpaired) electrons. The van der Waals surface area contributed by atoms with Gasteiger partial charge >= 0.3 is 5.97 Å². The van der Waals surface area contributed by atoms with Gasteiger partial charge in [0.2, 0.25) is 0 Å².